The summed E-state index contributed by atoms with van der Waals surface area (Å²) in [5, 5.41) is 2.85. The van der Waals surface area contributed by atoms with Gasteiger partial charge in [-0.3, -0.25) is 9.59 Å². The van der Waals surface area contributed by atoms with Crippen LogP contribution in [0, 0.1) is 5.82 Å². The molecule has 34 heavy (non-hydrogen) atoms. The van der Waals surface area contributed by atoms with Crippen LogP contribution in [0.15, 0.2) is 43.5 Å². The highest BCUT2D eigenvalue weighted by atomic mass is 19.1. The molecule has 9 heteroatoms. The maximum Gasteiger partial charge on any atom is 0.508 e. The van der Waals surface area contributed by atoms with Gasteiger partial charge in [-0.1, -0.05) is 25.7 Å². The molecule has 1 N–H and O–H groups in total. The van der Waals surface area contributed by atoms with Gasteiger partial charge >= 0.3 is 6.16 Å². The smallest absolute Gasteiger partial charge is 0.489 e. The molecule has 1 aliphatic heterocycles. The van der Waals surface area contributed by atoms with Crippen LogP contribution in [0.5, 0.6) is 5.75 Å². The number of nitrogens with zero attached hydrogens (tertiary/aromatic N) is 1. The summed E-state index contributed by atoms with van der Waals surface area (Å²) in [4.78, 5) is 38.1. The molecule has 1 fully saturated rings. The summed E-state index contributed by atoms with van der Waals surface area (Å²) in [5.41, 5.74) is 0.558. The fourth-order valence-corrected chi connectivity index (χ4v) is 3.63. The van der Waals surface area contributed by atoms with Gasteiger partial charge in [-0.2, -0.15) is 0 Å². The molecule has 0 aromatic heterocycles. The molecule has 1 aliphatic rings. The van der Waals surface area contributed by atoms with E-state index in [0.29, 0.717) is 30.8 Å². The molecule has 0 spiro atoms. The average molecular weight is 477 g/mol. The molecule has 1 heterocycles. The molecule has 1 aromatic carbocycles. The van der Waals surface area contributed by atoms with E-state index in [1.54, 1.807) is 23.1 Å². The normalized spacial score (nSPS) is 15.6. The van der Waals surface area contributed by atoms with Gasteiger partial charge in [0.1, 0.15) is 24.8 Å². The summed E-state index contributed by atoms with van der Waals surface area (Å²) < 4.78 is 29.5. The second kappa shape index (κ2) is 14.0. The first kappa shape index (κ1) is 26.9. The van der Waals surface area contributed by atoms with Crippen LogP contribution in [0.2, 0.25) is 0 Å². The van der Waals surface area contributed by atoms with Crippen LogP contribution in [-0.2, 0) is 25.5 Å². The number of carbonyl (C=O) groups is 3. The van der Waals surface area contributed by atoms with Gasteiger partial charge in [-0.15, -0.1) is 6.58 Å². The van der Waals surface area contributed by atoms with Gasteiger partial charge in [0, 0.05) is 32.0 Å². The van der Waals surface area contributed by atoms with Crippen molar-refractivity contribution >= 4 is 18.0 Å². The highest BCUT2D eigenvalue weighted by Gasteiger charge is 2.34. The van der Waals surface area contributed by atoms with Crippen LogP contribution in [0.25, 0.3) is 0 Å². The number of hydrogen-bond donors (Lipinski definition) is 1. The molecular formula is C25H33FN2O6. The van der Waals surface area contributed by atoms with Crippen molar-refractivity contribution in [2.75, 3.05) is 26.3 Å². The monoisotopic (exact) mass is 476 g/mol. The number of cyclic esters (lactones) is 2. The zero-order valence-electron chi connectivity index (χ0n) is 19.6. The van der Waals surface area contributed by atoms with Crippen LogP contribution in [0.4, 0.5) is 9.18 Å². The Morgan fingerprint density at radius 2 is 2.09 bits per heavy atom. The van der Waals surface area contributed by atoms with E-state index < -0.39 is 24.1 Å². The summed E-state index contributed by atoms with van der Waals surface area (Å²) >= 11 is 0. The Labute approximate surface area is 199 Å². The minimum Gasteiger partial charge on any atom is -0.489 e. The molecule has 186 valence electrons. The van der Waals surface area contributed by atoms with E-state index in [1.807, 2.05) is 6.92 Å². The van der Waals surface area contributed by atoms with Crippen molar-refractivity contribution in [1.82, 2.24) is 10.2 Å². The van der Waals surface area contributed by atoms with Crippen molar-refractivity contribution in [1.29, 1.82) is 0 Å². The number of nitrogens with one attached hydrogen (secondary N) is 1. The Morgan fingerprint density at radius 3 is 2.74 bits per heavy atom. The van der Waals surface area contributed by atoms with Crippen LogP contribution in [0.3, 0.4) is 0 Å². The minimum atomic E-state index is -0.817. The Kier molecular flexibility index (Phi) is 11.1. The maximum absolute atomic E-state index is 14.1. The number of hydrogen-bond acceptors (Lipinski definition) is 6. The quantitative estimate of drug-likeness (QED) is 0.307. The fourth-order valence-electron chi connectivity index (χ4n) is 3.63. The number of ether oxygens (including phenoxy) is 3. The lowest BCUT2D eigenvalue weighted by atomic mass is 10.0. The van der Waals surface area contributed by atoms with Crippen molar-refractivity contribution in [3.63, 3.8) is 0 Å². The number of benzene rings is 1. The van der Waals surface area contributed by atoms with Gasteiger partial charge in [-0.25, -0.2) is 9.18 Å². The van der Waals surface area contributed by atoms with Gasteiger partial charge < -0.3 is 24.4 Å². The summed E-state index contributed by atoms with van der Waals surface area (Å²) in [6, 6.07) is 3.60. The third-order valence-corrected chi connectivity index (χ3v) is 5.15. The zero-order valence-corrected chi connectivity index (χ0v) is 19.6. The lowest BCUT2D eigenvalue weighted by Gasteiger charge is -2.23. The van der Waals surface area contributed by atoms with Gasteiger partial charge in [0.15, 0.2) is 6.10 Å². The molecule has 2 atom stereocenters. The summed E-state index contributed by atoms with van der Waals surface area (Å²) in [5.74, 6) is -0.493. The summed E-state index contributed by atoms with van der Waals surface area (Å²) in [6.45, 7) is 10.5. The number of halogens is 1. The van der Waals surface area contributed by atoms with E-state index in [1.165, 1.54) is 12.1 Å². The van der Waals surface area contributed by atoms with E-state index in [9.17, 15) is 18.8 Å². The first-order valence-electron chi connectivity index (χ1n) is 11.4. The van der Waals surface area contributed by atoms with Gasteiger partial charge in [0.2, 0.25) is 11.8 Å². The standard InChI is InChI=1S/C25H33FN2O6/c1-4-10-28(11-5-2)24(30)9-7-8-23(29)27-21(22-17-33-25(31)34-22)15-18-13-19(26)16-20(14-18)32-12-6-3/h4,6,13-14,16,21-22H,1,3,5,7-12,15,17H2,2H3,(H,27,29). The first-order valence-corrected chi connectivity index (χ1v) is 11.4. The van der Waals surface area contributed by atoms with Gasteiger partial charge in [0.05, 0.1) is 6.04 Å². The summed E-state index contributed by atoms with van der Waals surface area (Å²) in [7, 11) is 0. The predicted octanol–water partition coefficient (Wildman–Crippen LogP) is 3.55. The zero-order chi connectivity index (χ0) is 24.9. The average Bonchev–Trinajstić information content (AvgIpc) is 3.23. The molecule has 0 saturated carbocycles. The Bertz CT molecular complexity index is 875. The van der Waals surface area contributed by atoms with Crippen LogP contribution < -0.4 is 10.1 Å². The molecular weight excluding hydrogens is 443 g/mol. The Hall–Kier alpha value is -3.36. The SMILES string of the molecule is C=CCOc1cc(F)cc(CC(NC(=O)CCCC(=O)N(CC=C)CCC)C2COC(=O)O2)c1. The van der Waals surface area contributed by atoms with Crippen molar-refractivity contribution in [2.45, 2.75) is 51.2 Å². The molecule has 2 amide bonds. The van der Waals surface area contributed by atoms with E-state index in [-0.39, 0.29) is 44.3 Å². The van der Waals surface area contributed by atoms with E-state index in [0.717, 1.165) is 6.42 Å². The van der Waals surface area contributed by atoms with Crippen molar-refractivity contribution in [3.8, 4) is 5.75 Å². The second-order valence-electron chi connectivity index (χ2n) is 7.97. The van der Waals surface area contributed by atoms with Crippen LogP contribution in [0.1, 0.15) is 38.2 Å². The maximum atomic E-state index is 14.1. The van der Waals surface area contributed by atoms with Crippen molar-refractivity contribution in [3.05, 3.63) is 54.9 Å². The predicted molar refractivity (Wildman–Crippen MR) is 125 cm³/mol. The molecule has 1 aromatic rings. The number of carbonyl (C=O) groups excluding carboxylic acids is 3. The second-order valence-corrected chi connectivity index (χ2v) is 7.97. The van der Waals surface area contributed by atoms with Gasteiger partial charge in [-0.05, 0) is 37.0 Å². The number of rotatable bonds is 15. The Balaban J connectivity index is 1.99. The summed E-state index contributed by atoms with van der Waals surface area (Å²) in [6.07, 6.45) is 3.45. The molecule has 0 aliphatic carbocycles. The van der Waals surface area contributed by atoms with Crippen LogP contribution >= 0.6 is 0 Å². The van der Waals surface area contributed by atoms with Crippen LogP contribution in [-0.4, -0.2) is 61.3 Å². The van der Waals surface area contributed by atoms with Crippen molar-refractivity contribution in [2.24, 2.45) is 0 Å². The third kappa shape index (κ3) is 8.88. The molecule has 1 saturated heterocycles. The van der Waals surface area contributed by atoms with E-state index in [2.05, 4.69) is 18.5 Å². The lowest BCUT2D eigenvalue weighted by Crippen LogP contribution is -2.46. The molecule has 8 nitrogen and oxygen atoms in total. The van der Waals surface area contributed by atoms with Gasteiger partial charge in [0.25, 0.3) is 0 Å². The largest absolute Gasteiger partial charge is 0.508 e. The fraction of sp³-hybridized carbons (Fsp3) is 0.480. The number of amides is 2. The first-order chi connectivity index (χ1) is 16.4. The highest BCUT2D eigenvalue weighted by Crippen LogP contribution is 2.21. The van der Waals surface area contributed by atoms with E-state index >= 15 is 0 Å². The third-order valence-electron chi connectivity index (χ3n) is 5.15. The molecule has 2 unspecified atom stereocenters. The topological polar surface area (TPSA) is 94.2 Å². The Morgan fingerprint density at radius 1 is 1.29 bits per heavy atom. The van der Waals surface area contributed by atoms with Crippen molar-refractivity contribution < 1.29 is 33.0 Å². The molecule has 0 radical (unpaired) electrons. The minimum absolute atomic E-state index is 0.0229. The molecule has 2 rings (SSSR count). The van der Waals surface area contributed by atoms with E-state index in [4.69, 9.17) is 14.2 Å². The molecule has 0 bridgehead atoms. The lowest BCUT2D eigenvalue weighted by molar-refractivity contribution is -0.131. The highest BCUT2D eigenvalue weighted by molar-refractivity contribution is 5.79.